The number of carbonyl (C=O) groups is 3. The van der Waals surface area contributed by atoms with Crippen LogP contribution in [0.1, 0.15) is 25.7 Å². The highest BCUT2D eigenvalue weighted by molar-refractivity contribution is 5.90. The average Bonchev–Trinajstić information content (AvgIpc) is 2.61. The number of ether oxygens (including phenoxy) is 2. The molecule has 0 heterocycles. The average molecular weight is 357 g/mol. The van der Waals surface area contributed by atoms with E-state index in [0.717, 1.165) is 19.3 Å². The molecule has 8 nitrogen and oxygen atoms in total. The molecule has 0 aromatic rings. The van der Waals surface area contributed by atoms with Crippen LogP contribution in [0.3, 0.4) is 0 Å². The molecule has 0 fully saturated rings. The zero-order valence-electron chi connectivity index (χ0n) is 15.1. The van der Waals surface area contributed by atoms with Gasteiger partial charge in [0.25, 0.3) is 0 Å². The van der Waals surface area contributed by atoms with Crippen LogP contribution in [-0.4, -0.2) is 76.1 Å². The van der Waals surface area contributed by atoms with Crippen molar-refractivity contribution in [3.63, 3.8) is 0 Å². The minimum atomic E-state index is -0.196. The van der Waals surface area contributed by atoms with Crippen LogP contribution in [0.15, 0.2) is 12.2 Å². The molecule has 2 amide bonds. The summed E-state index contributed by atoms with van der Waals surface area (Å²) >= 11 is 0. The normalized spacial score (nSPS) is 10.8. The van der Waals surface area contributed by atoms with Gasteiger partial charge in [-0.3, -0.25) is 14.4 Å². The van der Waals surface area contributed by atoms with E-state index in [9.17, 15) is 14.4 Å². The molecule has 0 atom stereocenters. The number of nitrogens with one attached hydrogen (secondary N) is 1. The highest BCUT2D eigenvalue weighted by atomic mass is 16.5. The lowest BCUT2D eigenvalue weighted by molar-refractivity contribution is -0.125. The molecule has 0 spiro atoms. The van der Waals surface area contributed by atoms with Gasteiger partial charge in [-0.15, -0.1) is 0 Å². The Labute approximate surface area is 149 Å². The van der Waals surface area contributed by atoms with E-state index in [1.807, 2.05) is 0 Å². The minimum absolute atomic E-state index is 0.00123. The third-order valence-electron chi connectivity index (χ3n) is 3.29. The second-order valence-electron chi connectivity index (χ2n) is 5.43. The fourth-order valence-electron chi connectivity index (χ4n) is 1.93. The van der Waals surface area contributed by atoms with Crippen LogP contribution < -0.4 is 11.1 Å². The Morgan fingerprint density at radius 3 is 2.48 bits per heavy atom. The van der Waals surface area contributed by atoms with Crippen molar-refractivity contribution in [1.82, 2.24) is 10.2 Å². The van der Waals surface area contributed by atoms with Gasteiger partial charge in [-0.25, -0.2) is 0 Å². The summed E-state index contributed by atoms with van der Waals surface area (Å²) in [5.41, 5.74) is 5.28. The van der Waals surface area contributed by atoms with Gasteiger partial charge in [-0.1, -0.05) is 6.42 Å². The van der Waals surface area contributed by atoms with Crippen molar-refractivity contribution < 1.29 is 23.9 Å². The summed E-state index contributed by atoms with van der Waals surface area (Å²) in [6.45, 7) is 3.56. The number of hydrogen-bond acceptors (Lipinski definition) is 6. The zero-order valence-corrected chi connectivity index (χ0v) is 15.1. The molecular formula is C17H31N3O5. The Morgan fingerprint density at radius 1 is 1.08 bits per heavy atom. The van der Waals surface area contributed by atoms with Gasteiger partial charge in [0.2, 0.25) is 11.8 Å². The number of hydrogen-bond donors (Lipinski definition) is 2. The van der Waals surface area contributed by atoms with E-state index in [0.29, 0.717) is 58.8 Å². The van der Waals surface area contributed by atoms with Crippen molar-refractivity contribution in [2.45, 2.75) is 25.7 Å². The zero-order chi connectivity index (χ0) is 18.8. The molecule has 0 aliphatic rings. The standard InChI is InChI=1S/C17H31N3O5/c1-20(17(23)7-5-11-21)10-4-2-3-6-16(22)19-9-13-25-15-14-24-12-8-18/h5,7,11H,2-4,6,8-10,12-15,18H2,1H3,(H,19,22)/b7-5-. The Balaban J connectivity index is 3.45. The van der Waals surface area contributed by atoms with E-state index in [1.165, 1.54) is 12.2 Å². The van der Waals surface area contributed by atoms with Crippen molar-refractivity contribution in [2.24, 2.45) is 5.73 Å². The second-order valence-corrected chi connectivity index (χ2v) is 5.43. The maximum atomic E-state index is 11.6. The summed E-state index contributed by atoms with van der Waals surface area (Å²) in [6, 6.07) is 0. The van der Waals surface area contributed by atoms with E-state index in [2.05, 4.69) is 5.32 Å². The molecule has 0 aliphatic heterocycles. The molecule has 144 valence electrons. The molecule has 0 saturated heterocycles. The first-order valence-electron chi connectivity index (χ1n) is 8.61. The second kappa shape index (κ2) is 17.1. The number of amides is 2. The van der Waals surface area contributed by atoms with Gasteiger partial charge < -0.3 is 25.4 Å². The van der Waals surface area contributed by atoms with Crippen LogP contribution in [-0.2, 0) is 23.9 Å². The first-order chi connectivity index (χ1) is 12.1. The molecule has 0 aliphatic carbocycles. The molecule has 3 N–H and O–H groups in total. The fraction of sp³-hybridized carbons (Fsp3) is 0.706. The lowest BCUT2D eigenvalue weighted by Crippen LogP contribution is -2.27. The molecular weight excluding hydrogens is 326 g/mol. The van der Waals surface area contributed by atoms with Gasteiger partial charge >= 0.3 is 0 Å². The SMILES string of the molecule is CN(CCCCCC(=O)NCCOCCOCCN)C(=O)/C=C\C=O. The fourth-order valence-corrected chi connectivity index (χ4v) is 1.93. The van der Waals surface area contributed by atoms with Crippen molar-refractivity contribution in [2.75, 3.05) is 53.1 Å². The van der Waals surface area contributed by atoms with E-state index < -0.39 is 0 Å². The molecule has 0 rings (SSSR count). The summed E-state index contributed by atoms with van der Waals surface area (Å²) in [6.07, 6.45) is 5.90. The predicted octanol–water partition coefficient (Wildman–Crippen LogP) is -0.132. The maximum Gasteiger partial charge on any atom is 0.246 e. The maximum absolute atomic E-state index is 11.6. The highest BCUT2D eigenvalue weighted by Gasteiger charge is 2.05. The number of unbranched alkanes of at least 4 members (excludes halogenated alkanes) is 2. The summed E-state index contributed by atoms with van der Waals surface area (Å²) in [5, 5.41) is 2.79. The first kappa shape index (κ1) is 23.2. The molecule has 0 bridgehead atoms. The van der Waals surface area contributed by atoms with Crippen molar-refractivity contribution >= 4 is 18.1 Å². The van der Waals surface area contributed by atoms with Gasteiger partial charge in [0, 0.05) is 39.2 Å². The smallest absolute Gasteiger partial charge is 0.246 e. The quantitative estimate of drug-likeness (QED) is 0.226. The largest absolute Gasteiger partial charge is 0.378 e. The number of nitrogens with zero attached hydrogens (tertiary/aromatic N) is 1. The van der Waals surface area contributed by atoms with Crippen LogP contribution >= 0.6 is 0 Å². The summed E-state index contributed by atoms with van der Waals surface area (Å²) < 4.78 is 10.5. The van der Waals surface area contributed by atoms with Crippen molar-refractivity contribution in [1.29, 1.82) is 0 Å². The summed E-state index contributed by atoms with van der Waals surface area (Å²) in [7, 11) is 1.69. The van der Waals surface area contributed by atoms with Crippen LogP contribution in [0.5, 0.6) is 0 Å². The topological polar surface area (TPSA) is 111 Å². The van der Waals surface area contributed by atoms with Crippen LogP contribution in [0, 0.1) is 0 Å². The van der Waals surface area contributed by atoms with E-state index in [4.69, 9.17) is 15.2 Å². The lowest BCUT2D eigenvalue weighted by atomic mass is 10.2. The number of allylic oxidation sites excluding steroid dienone is 1. The van der Waals surface area contributed by atoms with Gasteiger partial charge in [-0.05, 0) is 18.9 Å². The third-order valence-corrected chi connectivity index (χ3v) is 3.29. The Bertz CT molecular complexity index is 402. The van der Waals surface area contributed by atoms with Gasteiger partial charge in [-0.2, -0.15) is 0 Å². The minimum Gasteiger partial charge on any atom is -0.378 e. The molecule has 0 aromatic carbocycles. The number of nitrogens with two attached hydrogens (primary N) is 1. The van der Waals surface area contributed by atoms with Gasteiger partial charge in [0.1, 0.15) is 6.29 Å². The van der Waals surface area contributed by atoms with Crippen LogP contribution in [0.2, 0.25) is 0 Å². The number of rotatable bonds is 16. The predicted molar refractivity (Wildman–Crippen MR) is 95.0 cm³/mol. The first-order valence-corrected chi connectivity index (χ1v) is 8.61. The monoisotopic (exact) mass is 357 g/mol. The van der Waals surface area contributed by atoms with Gasteiger partial charge in [0.05, 0.1) is 26.4 Å². The molecule has 8 heteroatoms. The number of likely N-dealkylation sites (N-methyl/N-ethyl adjacent to an activating group) is 1. The Morgan fingerprint density at radius 2 is 1.80 bits per heavy atom. The molecule has 0 unspecified atom stereocenters. The number of aldehydes is 1. The van der Waals surface area contributed by atoms with Crippen molar-refractivity contribution in [3.8, 4) is 0 Å². The Kier molecular flexibility index (Phi) is 15.9. The van der Waals surface area contributed by atoms with E-state index in [-0.39, 0.29) is 11.8 Å². The molecule has 0 aromatic heterocycles. The number of carbonyl (C=O) groups excluding carboxylic acids is 3. The third kappa shape index (κ3) is 15.5. The van der Waals surface area contributed by atoms with Crippen molar-refractivity contribution in [3.05, 3.63) is 12.2 Å². The van der Waals surface area contributed by atoms with Crippen LogP contribution in [0.4, 0.5) is 0 Å². The molecule has 25 heavy (non-hydrogen) atoms. The van der Waals surface area contributed by atoms with Crippen LogP contribution in [0.25, 0.3) is 0 Å². The van der Waals surface area contributed by atoms with Gasteiger partial charge in [0.15, 0.2) is 0 Å². The summed E-state index contributed by atoms with van der Waals surface area (Å²) in [4.78, 5) is 34.8. The molecule has 0 saturated carbocycles. The highest BCUT2D eigenvalue weighted by Crippen LogP contribution is 2.01. The Hall–Kier alpha value is -1.77. The lowest BCUT2D eigenvalue weighted by Gasteiger charge is -2.14. The summed E-state index contributed by atoms with van der Waals surface area (Å²) in [5.74, 6) is -0.195. The van der Waals surface area contributed by atoms with E-state index in [1.54, 1.807) is 11.9 Å². The molecule has 0 radical (unpaired) electrons. The van der Waals surface area contributed by atoms with E-state index >= 15 is 0 Å².